The summed E-state index contributed by atoms with van der Waals surface area (Å²) >= 11 is 0.952. The standard InChI is InChI=1S/C14H14N2O4S/c1-15(2)7-16-13(17)12(21-14(16)18)6-9-3-4-10-11(5-9)20-8-19-10/h3-6H,7-8H2,1-2H3/b12-6+. The first-order valence-electron chi connectivity index (χ1n) is 6.34. The molecule has 2 heterocycles. The average Bonchev–Trinajstić information content (AvgIpc) is 2.98. The minimum absolute atomic E-state index is 0.206. The molecule has 0 atom stereocenters. The Morgan fingerprint density at radius 1 is 1.29 bits per heavy atom. The molecule has 6 nitrogen and oxygen atoms in total. The Kier molecular flexibility index (Phi) is 3.60. The summed E-state index contributed by atoms with van der Waals surface area (Å²) in [5.74, 6) is 1.07. The van der Waals surface area contributed by atoms with E-state index in [1.807, 2.05) is 20.2 Å². The molecule has 0 radical (unpaired) electrons. The van der Waals surface area contributed by atoms with Crippen LogP contribution in [-0.4, -0.2) is 48.5 Å². The second-order valence-corrected chi connectivity index (χ2v) is 5.94. The van der Waals surface area contributed by atoms with Gasteiger partial charge in [0.05, 0.1) is 11.6 Å². The number of imide groups is 1. The molecule has 0 aromatic heterocycles. The van der Waals surface area contributed by atoms with Crippen LogP contribution in [-0.2, 0) is 4.79 Å². The largest absolute Gasteiger partial charge is 0.454 e. The molecule has 0 aliphatic carbocycles. The lowest BCUT2D eigenvalue weighted by atomic mass is 10.2. The van der Waals surface area contributed by atoms with Crippen LogP contribution in [0.5, 0.6) is 11.5 Å². The van der Waals surface area contributed by atoms with E-state index in [0.717, 1.165) is 17.3 Å². The molecule has 0 spiro atoms. The summed E-state index contributed by atoms with van der Waals surface area (Å²) in [5.41, 5.74) is 0.801. The number of nitrogens with zero attached hydrogens (tertiary/aromatic N) is 2. The Labute approximate surface area is 126 Å². The van der Waals surface area contributed by atoms with Gasteiger partial charge in [0.1, 0.15) is 0 Å². The van der Waals surface area contributed by atoms with Crippen molar-refractivity contribution in [3.8, 4) is 11.5 Å². The SMILES string of the molecule is CN(C)CN1C(=O)S/C(=C/c2ccc3c(c2)OCO3)C1=O. The van der Waals surface area contributed by atoms with Crippen LogP contribution in [0, 0.1) is 0 Å². The molecule has 0 saturated carbocycles. The minimum atomic E-state index is -0.267. The summed E-state index contributed by atoms with van der Waals surface area (Å²) in [6, 6.07) is 5.41. The molecule has 1 aromatic carbocycles. The second kappa shape index (κ2) is 5.42. The lowest BCUT2D eigenvalue weighted by Gasteiger charge is -2.17. The molecule has 2 aliphatic rings. The first-order valence-corrected chi connectivity index (χ1v) is 7.16. The first-order chi connectivity index (χ1) is 10.0. The number of thioether (sulfide) groups is 1. The number of hydrogen-bond donors (Lipinski definition) is 0. The summed E-state index contributed by atoms with van der Waals surface area (Å²) in [4.78, 5) is 27.5. The van der Waals surface area contributed by atoms with E-state index >= 15 is 0 Å². The normalized spacial score (nSPS) is 19.2. The highest BCUT2D eigenvalue weighted by molar-refractivity contribution is 8.18. The monoisotopic (exact) mass is 306 g/mol. The van der Waals surface area contributed by atoms with Gasteiger partial charge in [-0.15, -0.1) is 0 Å². The maximum Gasteiger partial charge on any atom is 0.294 e. The van der Waals surface area contributed by atoms with Gasteiger partial charge in [0.25, 0.3) is 11.1 Å². The molecule has 1 saturated heterocycles. The van der Waals surface area contributed by atoms with Crippen LogP contribution in [0.25, 0.3) is 6.08 Å². The molecule has 1 fully saturated rings. The lowest BCUT2D eigenvalue weighted by molar-refractivity contribution is -0.123. The molecule has 0 unspecified atom stereocenters. The zero-order chi connectivity index (χ0) is 15.0. The van der Waals surface area contributed by atoms with E-state index in [4.69, 9.17) is 9.47 Å². The zero-order valence-electron chi connectivity index (χ0n) is 11.7. The molecular formula is C14H14N2O4S. The van der Waals surface area contributed by atoms with Crippen molar-refractivity contribution >= 4 is 29.0 Å². The van der Waals surface area contributed by atoms with Crippen molar-refractivity contribution < 1.29 is 19.1 Å². The fourth-order valence-corrected chi connectivity index (χ4v) is 2.89. The molecule has 7 heteroatoms. The highest BCUT2D eigenvalue weighted by Crippen LogP contribution is 2.36. The third kappa shape index (κ3) is 2.74. The molecule has 0 N–H and O–H groups in total. The number of ether oxygens (including phenoxy) is 2. The summed E-state index contributed by atoms with van der Waals surface area (Å²) < 4.78 is 10.5. The van der Waals surface area contributed by atoms with Crippen molar-refractivity contribution in [3.63, 3.8) is 0 Å². The maximum atomic E-state index is 12.2. The average molecular weight is 306 g/mol. The van der Waals surface area contributed by atoms with Crippen LogP contribution in [0.3, 0.4) is 0 Å². The van der Waals surface area contributed by atoms with Gasteiger partial charge in [-0.2, -0.15) is 0 Å². The Bertz CT molecular complexity index is 642. The van der Waals surface area contributed by atoms with Gasteiger partial charge in [-0.05, 0) is 49.6 Å². The third-order valence-electron chi connectivity index (χ3n) is 2.99. The topological polar surface area (TPSA) is 59.1 Å². The quantitative estimate of drug-likeness (QED) is 0.796. The van der Waals surface area contributed by atoms with E-state index in [2.05, 4.69) is 0 Å². The summed E-state index contributed by atoms with van der Waals surface area (Å²) in [7, 11) is 3.62. The summed E-state index contributed by atoms with van der Waals surface area (Å²) in [6.45, 7) is 0.487. The van der Waals surface area contributed by atoms with Crippen molar-refractivity contribution in [3.05, 3.63) is 28.7 Å². The van der Waals surface area contributed by atoms with E-state index in [0.29, 0.717) is 16.4 Å². The predicted molar refractivity (Wildman–Crippen MR) is 78.9 cm³/mol. The molecule has 2 aliphatic heterocycles. The Morgan fingerprint density at radius 3 is 2.81 bits per heavy atom. The van der Waals surface area contributed by atoms with Gasteiger partial charge in [0, 0.05) is 0 Å². The number of rotatable bonds is 3. The smallest absolute Gasteiger partial charge is 0.294 e. The third-order valence-corrected chi connectivity index (χ3v) is 3.90. The molecule has 1 aromatic rings. The van der Waals surface area contributed by atoms with Gasteiger partial charge in [0.2, 0.25) is 6.79 Å². The number of carbonyl (C=O) groups excluding carboxylic acids is 2. The van der Waals surface area contributed by atoms with E-state index in [9.17, 15) is 9.59 Å². The predicted octanol–water partition coefficient (Wildman–Crippen LogP) is 1.97. The molecular weight excluding hydrogens is 292 g/mol. The van der Waals surface area contributed by atoms with E-state index < -0.39 is 0 Å². The van der Waals surface area contributed by atoms with Gasteiger partial charge >= 0.3 is 0 Å². The van der Waals surface area contributed by atoms with Crippen molar-refractivity contribution in [2.75, 3.05) is 27.6 Å². The zero-order valence-corrected chi connectivity index (χ0v) is 12.5. The maximum absolute atomic E-state index is 12.2. The first kappa shape index (κ1) is 14.0. The van der Waals surface area contributed by atoms with Crippen LogP contribution >= 0.6 is 11.8 Å². The molecule has 110 valence electrons. The van der Waals surface area contributed by atoms with Crippen molar-refractivity contribution in [1.29, 1.82) is 0 Å². The fraction of sp³-hybridized carbons (Fsp3) is 0.286. The summed E-state index contributed by atoms with van der Waals surface area (Å²) in [6.07, 6.45) is 1.70. The van der Waals surface area contributed by atoms with E-state index in [-0.39, 0.29) is 24.6 Å². The second-order valence-electron chi connectivity index (χ2n) is 4.94. The number of amides is 2. The van der Waals surface area contributed by atoms with Crippen LogP contribution in [0.1, 0.15) is 5.56 Å². The fourth-order valence-electron chi connectivity index (χ4n) is 2.06. The minimum Gasteiger partial charge on any atom is -0.454 e. The number of benzene rings is 1. The van der Waals surface area contributed by atoms with Crippen LogP contribution in [0.15, 0.2) is 23.1 Å². The Morgan fingerprint density at radius 2 is 2.05 bits per heavy atom. The summed E-state index contributed by atoms with van der Waals surface area (Å²) in [5, 5.41) is -0.249. The Hall–Kier alpha value is -1.99. The van der Waals surface area contributed by atoms with E-state index in [1.54, 1.807) is 23.1 Å². The van der Waals surface area contributed by atoms with Gasteiger partial charge in [0.15, 0.2) is 11.5 Å². The van der Waals surface area contributed by atoms with Crippen molar-refractivity contribution in [1.82, 2.24) is 9.80 Å². The van der Waals surface area contributed by atoms with Gasteiger partial charge in [-0.3, -0.25) is 19.4 Å². The number of carbonyl (C=O) groups is 2. The molecule has 3 rings (SSSR count). The van der Waals surface area contributed by atoms with Crippen molar-refractivity contribution in [2.24, 2.45) is 0 Å². The van der Waals surface area contributed by atoms with Gasteiger partial charge < -0.3 is 9.47 Å². The van der Waals surface area contributed by atoms with E-state index in [1.165, 1.54) is 4.90 Å². The molecule has 2 amide bonds. The lowest BCUT2D eigenvalue weighted by Crippen LogP contribution is -2.36. The van der Waals surface area contributed by atoms with Crippen LogP contribution < -0.4 is 9.47 Å². The highest BCUT2D eigenvalue weighted by atomic mass is 32.2. The van der Waals surface area contributed by atoms with Crippen LogP contribution in [0.2, 0.25) is 0 Å². The number of fused-ring (bicyclic) bond motifs is 1. The highest BCUT2D eigenvalue weighted by Gasteiger charge is 2.35. The van der Waals surface area contributed by atoms with Gasteiger partial charge in [-0.25, -0.2) is 0 Å². The van der Waals surface area contributed by atoms with Crippen LogP contribution in [0.4, 0.5) is 4.79 Å². The number of hydrogen-bond acceptors (Lipinski definition) is 6. The van der Waals surface area contributed by atoms with Crippen molar-refractivity contribution in [2.45, 2.75) is 0 Å². The molecule has 21 heavy (non-hydrogen) atoms. The van der Waals surface area contributed by atoms with Gasteiger partial charge in [-0.1, -0.05) is 6.07 Å². The molecule has 0 bridgehead atoms. The Balaban J connectivity index is 1.84.